The molecule has 0 radical (unpaired) electrons. The van der Waals surface area contributed by atoms with Crippen molar-refractivity contribution in [3.8, 4) is 0 Å². The molecule has 0 unspecified atom stereocenters. The van der Waals surface area contributed by atoms with Gasteiger partial charge >= 0.3 is 12.1 Å². The van der Waals surface area contributed by atoms with Crippen LogP contribution in [0.15, 0.2) is 24.8 Å². The van der Waals surface area contributed by atoms with Crippen LogP contribution in [0.4, 0.5) is 4.79 Å². The number of rotatable bonds is 4. The molecule has 0 aromatic rings. The van der Waals surface area contributed by atoms with E-state index in [9.17, 15) is 14.4 Å². The Balaban J connectivity index is 2.11. The predicted molar refractivity (Wildman–Crippen MR) is 87.9 cm³/mol. The first kappa shape index (κ1) is 18.2. The van der Waals surface area contributed by atoms with E-state index in [4.69, 9.17) is 9.47 Å². The van der Waals surface area contributed by atoms with Gasteiger partial charge in [-0.3, -0.25) is 4.79 Å². The summed E-state index contributed by atoms with van der Waals surface area (Å²) in [4.78, 5) is 37.4. The molecule has 4 atom stereocenters. The standard InChI is InChI=1S/C18H25NO5/c1-6-11-10-12(8-9-13(20)23-7-2)14-15(11)19(16(14)21)17(22)24-18(3,4)5/h6,8-9,11-12,14-15H,1,7,10H2,2-5H3/b9-8+/t11-,12+,14-,15+/m1/s1. The van der Waals surface area contributed by atoms with Crippen molar-refractivity contribution in [3.63, 3.8) is 0 Å². The molecular weight excluding hydrogens is 310 g/mol. The van der Waals surface area contributed by atoms with Crippen molar-refractivity contribution in [1.29, 1.82) is 0 Å². The number of β-lactam (4-membered cyclic amide) rings is 1. The van der Waals surface area contributed by atoms with Gasteiger partial charge in [0.1, 0.15) is 5.60 Å². The minimum atomic E-state index is -0.659. The van der Waals surface area contributed by atoms with Gasteiger partial charge in [-0.05, 0) is 46.0 Å². The summed E-state index contributed by atoms with van der Waals surface area (Å²) >= 11 is 0. The van der Waals surface area contributed by atoms with Gasteiger partial charge in [0.05, 0.1) is 18.6 Å². The molecule has 0 aromatic heterocycles. The van der Waals surface area contributed by atoms with Crippen LogP contribution in [-0.4, -0.2) is 41.1 Å². The number of imide groups is 1. The number of amides is 2. The summed E-state index contributed by atoms with van der Waals surface area (Å²) in [5, 5.41) is 0. The number of carbonyl (C=O) groups excluding carboxylic acids is 3. The van der Waals surface area contributed by atoms with Crippen molar-refractivity contribution in [2.45, 2.75) is 45.8 Å². The fourth-order valence-corrected chi connectivity index (χ4v) is 3.38. The molecule has 1 aliphatic carbocycles. The highest BCUT2D eigenvalue weighted by molar-refractivity contribution is 6.00. The summed E-state index contributed by atoms with van der Waals surface area (Å²) in [6.45, 7) is 11.1. The van der Waals surface area contributed by atoms with Gasteiger partial charge in [0, 0.05) is 6.08 Å². The zero-order chi connectivity index (χ0) is 18.1. The lowest BCUT2D eigenvalue weighted by Crippen LogP contribution is -2.64. The third-order valence-corrected chi connectivity index (χ3v) is 4.29. The van der Waals surface area contributed by atoms with Gasteiger partial charge in [-0.1, -0.05) is 12.2 Å². The second kappa shape index (κ2) is 6.79. The van der Waals surface area contributed by atoms with E-state index < -0.39 is 17.7 Å². The molecule has 2 aliphatic rings. The number of ether oxygens (including phenoxy) is 2. The van der Waals surface area contributed by atoms with Crippen LogP contribution in [0.1, 0.15) is 34.1 Å². The third-order valence-electron chi connectivity index (χ3n) is 4.29. The van der Waals surface area contributed by atoms with Crippen molar-refractivity contribution in [1.82, 2.24) is 4.90 Å². The molecule has 1 heterocycles. The summed E-state index contributed by atoms with van der Waals surface area (Å²) in [6.07, 6.45) is 4.89. The lowest BCUT2D eigenvalue weighted by molar-refractivity contribution is -0.154. The number of hydrogen-bond donors (Lipinski definition) is 0. The zero-order valence-corrected chi connectivity index (χ0v) is 14.7. The van der Waals surface area contributed by atoms with Gasteiger partial charge in [-0.25, -0.2) is 14.5 Å². The van der Waals surface area contributed by atoms with Gasteiger partial charge < -0.3 is 9.47 Å². The van der Waals surface area contributed by atoms with E-state index in [1.54, 1.807) is 39.8 Å². The van der Waals surface area contributed by atoms with Crippen LogP contribution in [-0.2, 0) is 19.1 Å². The van der Waals surface area contributed by atoms with Gasteiger partial charge in [-0.2, -0.15) is 0 Å². The first-order valence-corrected chi connectivity index (χ1v) is 8.23. The molecule has 2 amide bonds. The Bertz CT molecular complexity index is 574. The van der Waals surface area contributed by atoms with E-state index in [-0.39, 0.29) is 29.7 Å². The summed E-state index contributed by atoms with van der Waals surface area (Å²) in [5.41, 5.74) is -0.659. The van der Waals surface area contributed by atoms with Gasteiger partial charge in [0.25, 0.3) is 0 Å². The smallest absolute Gasteiger partial charge is 0.417 e. The molecule has 0 spiro atoms. The van der Waals surface area contributed by atoms with E-state index in [1.165, 1.54) is 11.0 Å². The predicted octanol–water partition coefficient (Wildman–Crippen LogP) is 2.69. The van der Waals surface area contributed by atoms with Gasteiger partial charge in [-0.15, -0.1) is 6.58 Å². The first-order valence-electron chi connectivity index (χ1n) is 8.23. The number of esters is 1. The fourth-order valence-electron chi connectivity index (χ4n) is 3.38. The summed E-state index contributed by atoms with van der Waals surface area (Å²) in [6, 6.07) is -0.248. The normalized spacial score (nSPS) is 29.2. The zero-order valence-electron chi connectivity index (χ0n) is 14.7. The van der Waals surface area contributed by atoms with Crippen LogP contribution in [0.2, 0.25) is 0 Å². The summed E-state index contributed by atoms with van der Waals surface area (Å²) in [5.74, 6) is -1.10. The first-order chi connectivity index (χ1) is 11.2. The van der Waals surface area contributed by atoms with Crippen molar-refractivity contribution < 1.29 is 23.9 Å². The molecule has 1 saturated heterocycles. The highest BCUT2D eigenvalue weighted by Gasteiger charge is 2.61. The van der Waals surface area contributed by atoms with Crippen LogP contribution in [0.25, 0.3) is 0 Å². The maximum Gasteiger partial charge on any atom is 0.417 e. The second-order valence-corrected chi connectivity index (χ2v) is 7.12. The van der Waals surface area contributed by atoms with Crippen molar-refractivity contribution in [2.75, 3.05) is 6.61 Å². The van der Waals surface area contributed by atoms with Crippen molar-refractivity contribution >= 4 is 18.0 Å². The van der Waals surface area contributed by atoms with E-state index in [2.05, 4.69) is 6.58 Å². The van der Waals surface area contributed by atoms with Crippen LogP contribution in [0.5, 0.6) is 0 Å². The van der Waals surface area contributed by atoms with E-state index >= 15 is 0 Å². The molecule has 1 aliphatic heterocycles. The SMILES string of the molecule is C=C[C@@H]1C[C@H](/C=C/C(=O)OCC)[C@H]2C(=O)N(C(=O)OC(C)(C)C)[C@H]21. The lowest BCUT2D eigenvalue weighted by atomic mass is 9.82. The maximum atomic E-state index is 12.5. The molecular formula is C18H25NO5. The molecule has 0 bridgehead atoms. The lowest BCUT2D eigenvalue weighted by Gasteiger charge is -2.44. The molecule has 0 aromatic carbocycles. The molecule has 2 rings (SSSR count). The highest BCUT2D eigenvalue weighted by atomic mass is 16.6. The molecule has 2 fully saturated rings. The number of allylic oxidation sites excluding steroid dienone is 1. The number of nitrogens with zero attached hydrogens (tertiary/aromatic N) is 1. The van der Waals surface area contributed by atoms with Crippen LogP contribution in [0.3, 0.4) is 0 Å². The van der Waals surface area contributed by atoms with E-state index in [1.807, 2.05) is 0 Å². The minimum Gasteiger partial charge on any atom is -0.463 e. The average molecular weight is 335 g/mol. The molecule has 0 N–H and O–H groups in total. The number of likely N-dealkylation sites (tertiary alicyclic amines) is 1. The quantitative estimate of drug-likeness (QED) is 0.342. The average Bonchev–Trinajstić information content (AvgIpc) is 2.77. The van der Waals surface area contributed by atoms with E-state index in [0.29, 0.717) is 13.0 Å². The molecule has 6 heteroatoms. The Morgan fingerprint density at radius 3 is 2.54 bits per heavy atom. The Kier molecular flexibility index (Phi) is 5.16. The topological polar surface area (TPSA) is 72.9 Å². The third kappa shape index (κ3) is 3.52. The van der Waals surface area contributed by atoms with E-state index in [0.717, 1.165) is 0 Å². The van der Waals surface area contributed by atoms with Crippen LogP contribution in [0, 0.1) is 17.8 Å². The maximum absolute atomic E-state index is 12.5. The Morgan fingerprint density at radius 1 is 1.33 bits per heavy atom. The second-order valence-electron chi connectivity index (χ2n) is 7.12. The van der Waals surface area contributed by atoms with Crippen LogP contribution < -0.4 is 0 Å². The molecule has 132 valence electrons. The Labute approximate surface area is 142 Å². The molecule has 6 nitrogen and oxygen atoms in total. The number of carbonyl (C=O) groups is 3. The Morgan fingerprint density at radius 2 is 2.00 bits per heavy atom. The van der Waals surface area contributed by atoms with Crippen molar-refractivity contribution in [2.24, 2.45) is 17.8 Å². The molecule has 24 heavy (non-hydrogen) atoms. The fraction of sp³-hybridized carbons (Fsp3) is 0.611. The van der Waals surface area contributed by atoms with Gasteiger partial charge in [0.2, 0.25) is 5.91 Å². The van der Waals surface area contributed by atoms with Crippen molar-refractivity contribution in [3.05, 3.63) is 24.8 Å². The monoisotopic (exact) mass is 335 g/mol. The number of hydrogen-bond acceptors (Lipinski definition) is 5. The largest absolute Gasteiger partial charge is 0.463 e. The minimum absolute atomic E-state index is 0.00272. The number of fused-ring (bicyclic) bond motifs is 1. The Hall–Kier alpha value is -2.11. The molecule has 1 saturated carbocycles. The van der Waals surface area contributed by atoms with Crippen LogP contribution >= 0.6 is 0 Å². The summed E-state index contributed by atoms with van der Waals surface area (Å²) in [7, 11) is 0. The summed E-state index contributed by atoms with van der Waals surface area (Å²) < 4.78 is 10.2. The van der Waals surface area contributed by atoms with Gasteiger partial charge in [0.15, 0.2) is 0 Å². The highest BCUT2D eigenvalue weighted by Crippen LogP contribution is 2.49.